The number of likely N-dealkylation sites (tertiary alicyclic amines) is 1. The lowest BCUT2D eigenvalue weighted by Crippen LogP contribution is -2.52. The van der Waals surface area contributed by atoms with E-state index in [1.165, 1.54) is 24.3 Å². The fourth-order valence-electron chi connectivity index (χ4n) is 3.06. The first-order valence-corrected chi connectivity index (χ1v) is 9.19. The van der Waals surface area contributed by atoms with Gasteiger partial charge in [0.1, 0.15) is 11.1 Å². The van der Waals surface area contributed by atoms with Crippen LogP contribution < -0.4 is 0 Å². The van der Waals surface area contributed by atoms with Gasteiger partial charge >= 0.3 is 6.03 Å². The van der Waals surface area contributed by atoms with Crippen LogP contribution in [-0.2, 0) is 16.0 Å². The number of nitrogens with zero attached hydrogens (tertiary/aromatic N) is 3. The first-order valence-electron chi connectivity index (χ1n) is 7.98. The Morgan fingerprint density at radius 3 is 2.42 bits per heavy atom. The number of urea groups is 1. The molecule has 0 radical (unpaired) electrons. The average Bonchev–Trinajstić information content (AvgIpc) is 3.11. The second kappa shape index (κ2) is 7.40. The molecule has 8 heteroatoms. The van der Waals surface area contributed by atoms with Gasteiger partial charge in [0.05, 0.1) is 6.54 Å². The van der Waals surface area contributed by atoms with Crippen LogP contribution in [-0.4, -0.2) is 76.2 Å². The Bertz CT molecular complexity index is 593. The molecule has 3 rings (SSSR count). The molecule has 0 saturated carbocycles. The van der Waals surface area contributed by atoms with Crippen molar-refractivity contribution in [1.82, 2.24) is 14.7 Å². The van der Waals surface area contributed by atoms with Crippen LogP contribution in [0.3, 0.4) is 0 Å². The molecular weight excluding hydrogens is 333 g/mol. The molecule has 0 bridgehead atoms. The molecule has 0 aliphatic carbocycles. The highest BCUT2D eigenvalue weighted by Gasteiger charge is 2.37. The molecule has 1 aromatic rings. The minimum absolute atomic E-state index is 0.0563. The third kappa shape index (κ3) is 3.64. The summed E-state index contributed by atoms with van der Waals surface area (Å²) in [6.45, 7) is 3.17. The van der Waals surface area contributed by atoms with E-state index in [0.29, 0.717) is 50.6 Å². The summed E-state index contributed by atoms with van der Waals surface area (Å²) in [7, 11) is 0. The van der Waals surface area contributed by atoms with Crippen molar-refractivity contribution in [2.24, 2.45) is 0 Å². The molecule has 2 aliphatic rings. The van der Waals surface area contributed by atoms with E-state index in [9.17, 15) is 18.5 Å². The molecule has 24 heavy (non-hydrogen) atoms. The molecule has 0 aromatic heterocycles. The number of hydrogen-bond donors (Lipinski definition) is 0. The molecule has 0 N–H and O–H groups in total. The van der Waals surface area contributed by atoms with Crippen molar-refractivity contribution in [1.29, 1.82) is 0 Å². The van der Waals surface area contributed by atoms with Gasteiger partial charge in [-0.2, -0.15) is 0 Å². The minimum Gasteiger partial charge on any atom is -0.611 e. The van der Waals surface area contributed by atoms with Crippen LogP contribution in [0, 0.1) is 5.82 Å². The standard InChI is InChI=1S/C16H20FN3O3S/c17-13-1-3-14(4-2-13)24(23)15-5-6-20(11-15)16(22)19-9-7-18(12-21)8-10-19/h1-4,12,15H,5-11H2. The number of halogens is 1. The molecule has 2 fully saturated rings. The molecule has 0 spiro atoms. The summed E-state index contributed by atoms with van der Waals surface area (Å²) >= 11 is -1.25. The van der Waals surface area contributed by atoms with Gasteiger partial charge in [0.15, 0.2) is 4.90 Å². The summed E-state index contributed by atoms with van der Waals surface area (Å²) in [5.74, 6) is -0.353. The van der Waals surface area contributed by atoms with E-state index < -0.39 is 11.2 Å². The van der Waals surface area contributed by atoms with Crippen molar-refractivity contribution in [3.63, 3.8) is 0 Å². The maximum Gasteiger partial charge on any atom is 0.320 e. The largest absolute Gasteiger partial charge is 0.611 e. The molecule has 6 nitrogen and oxygen atoms in total. The Balaban J connectivity index is 1.55. The van der Waals surface area contributed by atoms with Gasteiger partial charge in [0.2, 0.25) is 6.41 Å². The zero-order valence-corrected chi connectivity index (χ0v) is 14.1. The number of piperazine rings is 1. The summed E-state index contributed by atoms with van der Waals surface area (Å²) < 4.78 is 25.5. The van der Waals surface area contributed by atoms with Gasteiger partial charge in [0.25, 0.3) is 0 Å². The van der Waals surface area contributed by atoms with Gasteiger partial charge < -0.3 is 19.3 Å². The smallest absolute Gasteiger partial charge is 0.320 e. The van der Waals surface area contributed by atoms with Gasteiger partial charge in [-0.1, -0.05) is 0 Å². The number of hydrogen-bond acceptors (Lipinski definition) is 3. The molecule has 2 saturated heterocycles. The van der Waals surface area contributed by atoms with Crippen molar-refractivity contribution < 1.29 is 18.5 Å². The lowest BCUT2D eigenvalue weighted by atomic mass is 10.3. The maximum atomic E-state index is 13.0. The van der Waals surface area contributed by atoms with Crippen molar-refractivity contribution in [2.45, 2.75) is 16.6 Å². The highest BCUT2D eigenvalue weighted by Crippen LogP contribution is 2.25. The first kappa shape index (κ1) is 17.0. The molecule has 2 heterocycles. The van der Waals surface area contributed by atoms with Gasteiger partial charge in [-0.25, -0.2) is 9.18 Å². The topological polar surface area (TPSA) is 66.9 Å². The normalized spacial score (nSPS) is 22.6. The summed E-state index contributed by atoms with van der Waals surface area (Å²) in [4.78, 5) is 29.0. The number of benzene rings is 1. The summed E-state index contributed by atoms with van der Waals surface area (Å²) in [5.41, 5.74) is 0. The molecule has 3 amide bonds. The lowest BCUT2D eigenvalue weighted by Gasteiger charge is -2.34. The highest BCUT2D eigenvalue weighted by molar-refractivity contribution is 7.92. The Labute approximate surface area is 143 Å². The zero-order chi connectivity index (χ0) is 17.1. The van der Waals surface area contributed by atoms with Crippen LogP contribution in [0.5, 0.6) is 0 Å². The van der Waals surface area contributed by atoms with Gasteiger partial charge in [-0.05, 0) is 35.4 Å². The lowest BCUT2D eigenvalue weighted by molar-refractivity contribution is -0.119. The number of rotatable bonds is 3. The monoisotopic (exact) mass is 353 g/mol. The molecule has 2 atom stereocenters. The van der Waals surface area contributed by atoms with Crippen molar-refractivity contribution in [3.05, 3.63) is 30.1 Å². The average molecular weight is 353 g/mol. The van der Waals surface area contributed by atoms with Crippen LogP contribution in [0.15, 0.2) is 29.2 Å². The summed E-state index contributed by atoms with van der Waals surface area (Å²) in [6, 6.07) is 5.62. The fraction of sp³-hybridized carbons (Fsp3) is 0.500. The van der Waals surface area contributed by atoms with Crippen LogP contribution in [0.4, 0.5) is 9.18 Å². The predicted molar refractivity (Wildman–Crippen MR) is 87.4 cm³/mol. The predicted octanol–water partition coefficient (Wildman–Crippen LogP) is 0.902. The number of carbonyl (C=O) groups is 2. The summed E-state index contributed by atoms with van der Waals surface area (Å²) in [6.07, 6.45) is 1.48. The molecule has 130 valence electrons. The van der Waals surface area contributed by atoms with Crippen molar-refractivity contribution in [2.75, 3.05) is 39.3 Å². The van der Waals surface area contributed by atoms with E-state index in [2.05, 4.69) is 0 Å². The Hall–Kier alpha value is -1.80. The van der Waals surface area contributed by atoms with E-state index in [1.807, 2.05) is 0 Å². The van der Waals surface area contributed by atoms with Crippen LogP contribution >= 0.6 is 0 Å². The van der Waals surface area contributed by atoms with Crippen molar-refractivity contribution in [3.8, 4) is 0 Å². The van der Waals surface area contributed by atoms with E-state index in [-0.39, 0.29) is 17.1 Å². The second-order valence-corrected chi connectivity index (χ2v) is 7.75. The van der Waals surface area contributed by atoms with E-state index in [4.69, 9.17) is 0 Å². The Morgan fingerprint density at radius 1 is 1.12 bits per heavy atom. The van der Waals surface area contributed by atoms with E-state index in [1.54, 1.807) is 14.7 Å². The zero-order valence-electron chi connectivity index (χ0n) is 13.3. The van der Waals surface area contributed by atoms with Gasteiger partial charge in [0, 0.05) is 39.1 Å². The van der Waals surface area contributed by atoms with Gasteiger partial charge in [-0.3, -0.25) is 4.79 Å². The van der Waals surface area contributed by atoms with Crippen LogP contribution in [0.1, 0.15) is 6.42 Å². The van der Waals surface area contributed by atoms with Crippen molar-refractivity contribution >= 4 is 23.6 Å². The van der Waals surface area contributed by atoms with Gasteiger partial charge in [-0.15, -0.1) is 0 Å². The third-order valence-electron chi connectivity index (χ3n) is 4.50. The molecule has 2 unspecified atom stereocenters. The fourth-order valence-corrected chi connectivity index (χ4v) is 4.48. The van der Waals surface area contributed by atoms with Crippen LogP contribution in [0.2, 0.25) is 0 Å². The minimum atomic E-state index is -1.25. The highest BCUT2D eigenvalue weighted by atomic mass is 32.2. The van der Waals surface area contributed by atoms with Crippen LogP contribution in [0.25, 0.3) is 0 Å². The number of amides is 3. The Morgan fingerprint density at radius 2 is 1.79 bits per heavy atom. The second-order valence-electron chi connectivity index (χ2n) is 6.02. The maximum absolute atomic E-state index is 13.0. The molecular formula is C16H20FN3O3S. The van der Waals surface area contributed by atoms with E-state index in [0.717, 1.165) is 6.41 Å². The molecule has 2 aliphatic heterocycles. The summed E-state index contributed by atoms with van der Waals surface area (Å²) in [5, 5.41) is -0.129. The van der Waals surface area contributed by atoms with E-state index >= 15 is 0 Å². The quantitative estimate of drug-likeness (QED) is 0.599. The Kier molecular flexibility index (Phi) is 5.25. The third-order valence-corrected chi connectivity index (χ3v) is 6.23. The first-order chi connectivity index (χ1) is 11.6. The SMILES string of the molecule is O=CN1CCN(C(=O)N2CCC([S+]([O-])c3ccc(F)cc3)C2)CC1. The molecule has 1 aromatic carbocycles. The number of carbonyl (C=O) groups excluding carboxylic acids is 2.